The Morgan fingerprint density at radius 1 is 0.806 bits per heavy atom. The van der Waals surface area contributed by atoms with Crippen molar-refractivity contribution in [3.05, 3.63) is 60.0 Å². The van der Waals surface area contributed by atoms with Gasteiger partial charge in [-0.1, -0.05) is 51.9 Å². The van der Waals surface area contributed by atoms with E-state index in [4.69, 9.17) is 14.2 Å². The Morgan fingerprint density at radius 2 is 1.44 bits per heavy atom. The molecule has 197 valence electrons. The van der Waals surface area contributed by atoms with Gasteiger partial charge < -0.3 is 14.2 Å². The lowest BCUT2D eigenvalue weighted by Crippen LogP contribution is -2.15. The van der Waals surface area contributed by atoms with Crippen molar-refractivity contribution in [3.8, 4) is 17.2 Å². The molecule has 1 aliphatic rings. The van der Waals surface area contributed by atoms with Crippen molar-refractivity contribution in [1.29, 1.82) is 0 Å². The highest BCUT2D eigenvalue weighted by atomic mass is 19.2. The molecule has 0 heterocycles. The molecule has 1 saturated carbocycles. The monoisotopic (exact) mass is 501 g/mol. The zero-order chi connectivity index (χ0) is 25.6. The third-order valence-corrected chi connectivity index (χ3v) is 6.60. The number of hydrogen-bond acceptors (Lipinski definition) is 4. The fraction of sp³-hybridized carbons (Fsp3) is 0.533. The molecule has 0 bridgehead atoms. The van der Waals surface area contributed by atoms with Gasteiger partial charge >= 0.3 is 5.97 Å². The summed E-state index contributed by atoms with van der Waals surface area (Å²) in [6.07, 6.45) is 15.9. The maximum absolute atomic E-state index is 14.6. The predicted octanol–water partition coefficient (Wildman–Crippen LogP) is 8.48. The standard InChI is InChI=1S/C30H39F2O4/c1-2-3-4-5-6-7-8-12-21-34-27-20-19-26(28(31)29(27)32)30(33)36-25-17-15-24(16-18-25)35-22-23-13-10-9-11-14-23/h9,15-20,23H,2-8,10-14,21-22H2,1H3. The molecule has 0 saturated heterocycles. The van der Waals surface area contributed by atoms with Gasteiger partial charge in [0, 0.05) is 0 Å². The van der Waals surface area contributed by atoms with Gasteiger partial charge in [0.05, 0.1) is 18.8 Å². The Morgan fingerprint density at radius 3 is 2.14 bits per heavy atom. The molecule has 1 fully saturated rings. The molecule has 1 radical (unpaired) electrons. The summed E-state index contributed by atoms with van der Waals surface area (Å²) in [4.78, 5) is 12.4. The molecule has 36 heavy (non-hydrogen) atoms. The average Bonchev–Trinajstić information content (AvgIpc) is 2.90. The molecule has 4 nitrogen and oxygen atoms in total. The Balaban J connectivity index is 1.42. The van der Waals surface area contributed by atoms with Crippen LogP contribution >= 0.6 is 0 Å². The number of carbonyl (C=O) groups excluding carboxylic acids is 1. The summed E-state index contributed by atoms with van der Waals surface area (Å²) < 4.78 is 45.5. The zero-order valence-corrected chi connectivity index (χ0v) is 21.4. The van der Waals surface area contributed by atoms with E-state index < -0.39 is 23.2 Å². The Bertz CT molecular complexity index is 923. The Kier molecular flexibility index (Phi) is 12.0. The molecule has 0 aromatic heterocycles. The van der Waals surface area contributed by atoms with Gasteiger partial charge in [0.25, 0.3) is 0 Å². The van der Waals surface area contributed by atoms with E-state index in [1.165, 1.54) is 44.2 Å². The molecule has 6 heteroatoms. The van der Waals surface area contributed by atoms with Crippen molar-refractivity contribution in [1.82, 2.24) is 0 Å². The average molecular weight is 502 g/mol. The fourth-order valence-corrected chi connectivity index (χ4v) is 4.36. The SMILES string of the molecule is CCCCCCCCCCOc1ccc(C(=O)Oc2ccc(OCC3CC[CH]CC3)cc2)c(F)c1F. The van der Waals surface area contributed by atoms with Crippen LogP contribution in [-0.4, -0.2) is 19.2 Å². The highest BCUT2D eigenvalue weighted by Crippen LogP contribution is 2.27. The van der Waals surface area contributed by atoms with Crippen LogP contribution in [0.25, 0.3) is 0 Å². The summed E-state index contributed by atoms with van der Waals surface area (Å²) in [5.74, 6) is -2.13. The number of ether oxygens (including phenoxy) is 3. The number of benzene rings is 2. The molecular weight excluding hydrogens is 462 g/mol. The van der Waals surface area contributed by atoms with Crippen molar-refractivity contribution >= 4 is 5.97 Å². The number of hydrogen-bond donors (Lipinski definition) is 0. The van der Waals surface area contributed by atoms with Gasteiger partial charge in [-0.2, -0.15) is 4.39 Å². The van der Waals surface area contributed by atoms with E-state index in [9.17, 15) is 13.6 Å². The smallest absolute Gasteiger partial charge is 0.346 e. The molecular formula is C30H39F2O4. The lowest BCUT2D eigenvalue weighted by molar-refractivity contribution is 0.0728. The number of rotatable bonds is 15. The lowest BCUT2D eigenvalue weighted by Gasteiger charge is -2.21. The van der Waals surface area contributed by atoms with Gasteiger partial charge in [-0.3, -0.25) is 0 Å². The van der Waals surface area contributed by atoms with Gasteiger partial charge in [0.15, 0.2) is 11.6 Å². The van der Waals surface area contributed by atoms with Crippen LogP contribution in [0.1, 0.15) is 94.3 Å². The molecule has 0 N–H and O–H groups in total. The summed E-state index contributed by atoms with van der Waals surface area (Å²) >= 11 is 0. The highest BCUT2D eigenvalue weighted by molar-refractivity contribution is 5.91. The van der Waals surface area contributed by atoms with E-state index in [-0.39, 0.29) is 11.5 Å². The van der Waals surface area contributed by atoms with Crippen LogP contribution in [0, 0.1) is 24.0 Å². The summed E-state index contributed by atoms with van der Waals surface area (Å²) in [6, 6.07) is 9.05. The normalized spacial score (nSPS) is 14.0. The van der Waals surface area contributed by atoms with Gasteiger partial charge in [-0.15, -0.1) is 0 Å². The van der Waals surface area contributed by atoms with Crippen LogP contribution in [0.2, 0.25) is 0 Å². The van der Waals surface area contributed by atoms with Crippen LogP contribution in [0.5, 0.6) is 17.2 Å². The molecule has 2 aromatic rings. The molecule has 3 rings (SSSR count). The molecule has 0 atom stereocenters. The summed E-state index contributed by atoms with van der Waals surface area (Å²) in [5.41, 5.74) is -0.471. The van der Waals surface area contributed by atoms with Crippen molar-refractivity contribution in [2.24, 2.45) is 5.92 Å². The van der Waals surface area contributed by atoms with Crippen molar-refractivity contribution < 1.29 is 27.8 Å². The number of esters is 1. The summed E-state index contributed by atoms with van der Waals surface area (Å²) in [7, 11) is 0. The van der Waals surface area contributed by atoms with Gasteiger partial charge in [0.2, 0.25) is 5.82 Å². The van der Waals surface area contributed by atoms with E-state index in [2.05, 4.69) is 13.3 Å². The molecule has 0 amide bonds. The van der Waals surface area contributed by atoms with E-state index in [0.717, 1.165) is 44.9 Å². The summed E-state index contributed by atoms with van der Waals surface area (Å²) in [5, 5.41) is 0. The Labute approximate surface area is 214 Å². The lowest BCUT2D eigenvalue weighted by atomic mass is 9.90. The van der Waals surface area contributed by atoms with Crippen LogP contribution in [-0.2, 0) is 0 Å². The van der Waals surface area contributed by atoms with Crippen LogP contribution in [0.4, 0.5) is 8.78 Å². The molecule has 0 unspecified atom stereocenters. The van der Waals surface area contributed by atoms with Gasteiger partial charge in [-0.05, 0) is 80.8 Å². The van der Waals surface area contributed by atoms with Gasteiger partial charge in [-0.25, -0.2) is 9.18 Å². The first-order valence-electron chi connectivity index (χ1n) is 13.5. The Hall–Kier alpha value is -2.63. The van der Waals surface area contributed by atoms with E-state index in [0.29, 0.717) is 24.9 Å². The highest BCUT2D eigenvalue weighted by Gasteiger charge is 2.21. The molecule has 1 aliphatic carbocycles. The molecule has 0 spiro atoms. The minimum absolute atomic E-state index is 0.190. The van der Waals surface area contributed by atoms with Crippen molar-refractivity contribution in [2.45, 2.75) is 84.0 Å². The van der Waals surface area contributed by atoms with Gasteiger partial charge in [0.1, 0.15) is 11.5 Å². The van der Waals surface area contributed by atoms with Crippen LogP contribution in [0.15, 0.2) is 36.4 Å². The quantitative estimate of drug-likeness (QED) is 0.139. The topological polar surface area (TPSA) is 44.8 Å². The second kappa shape index (κ2) is 15.5. The van der Waals surface area contributed by atoms with Crippen molar-refractivity contribution in [2.75, 3.05) is 13.2 Å². The zero-order valence-electron chi connectivity index (χ0n) is 21.4. The van der Waals surface area contributed by atoms with Crippen LogP contribution in [0.3, 0.4) is 0 Å². The maximum atomic E-state index is 14.6. The maximum Gasteiger partial charge on any atom is 0.346 e. The third-order valence-electron chi connectivity index (χ3n) is 6.60. The van der Waals surface area contributed by atoms with Crippen molar-refractivity contribution in [3.63, 3.8) is 0 Å². The number of unbranched alkanes of at least 4 members (excludes halogenated alkanes) is 7. The van der Waals surface area contributed by atoms with Crippen LogP contribution < -0.4 is 14.2 Å². The van der Waals surface area contributed by atoms with E-state index in [1.807, 2.05) is 0 Å². The first kappa shape index (κ1) is 27.9. The minimum Gasteiger partial charge on any atom is -0.493 e. The number of halogens is 2. The minimum atomic E-state index is -1.27. The van der Waals surface area contributed by atoms with E-state index >= 15 is 0 Å². The molecule has 0 aliphatic heterocycles. The second-order valence-corrected chi connectivity index (χ2v) is 9.54. The first-order chi connectivity index (χ1) is 17.6. The predicted molar refractivity (Wildman–Crippen MR) is 138 cm³/mol. The largest absolute Gasteiger partial charge is 0.493 e. The molecule has 2 aromatic carbocycles. The number of carbonyl (C=O) groups is 1. The second-order valence-electron chi connectivity index (χ2n) is 9.54. The summed E-state index contributed by atoms with van der Waals surface area (Å²) in [6.45, 7) is 3.16. The fourth-order valence-electron chi connectivity index (χ4n) is 4.36. The first-order valence-corrected chi connectivity index (χ1v) is 13.5. The van der Waals surface area contributed by atoms with E-state index in [1.54, 1.807) is 24.3 Å². The third kappa shape index (κ3) is 9.11.